The molecule has 0 spiro atoms. The molecule has 0 heterocycles. The first-order valence-electron chi connectivity index (χ1n) is 14.4. The average molecular weight is 731 g/mol. The first-order valence-corrected chi connectivity index (χ1v) is 14.4. The van der Waals surface area contributed by atoms with E-state index in [0.717, 1.165) is 58.5 Å². The van der Waals surface area contributed by atoms with Crippen LogP contribution in [0, 0.1) is 42.6 Å². The Kier molecular flexibility index (Phi) is 12.1. The molecule has 0 aliphatic rings. The van der Waals surface area contributed by atoms with Crippen molar-refractivity contribution in [1.82, 2.24) is 0 Å². The molecule has 1 radical (unpaired) electrons. The standard InChI is InChI=1S/C22H15F.C15H28O2.Ir/c1-14-11-15(2)13-16(12-14)17-5-3-6-18-19-7-4-8-22(23)21(19)10-9-20(17)18;1-7-14(5,8-2)12(16)11-13(17)15(6,9-3)10-4;/h3-4,6-12H,1-2H3;11,16H,7-10H2,1-6H3;/q-2;;/b;12-11-;. The third-order valence-corrected chi connectivity index (χ3v) is 8.82. The van der Waals surface area contributed by atoms with Gasteiger partial charge in [0, 0.05) is 42.4 Å². The predicted octanol–water partition coefficient (Wildman–Crippen LogP) is 10.7. The van der Waals surface area contributed by atoms with E-state index in [4.69, 9.17) is 0 Å². The summed E-state index contributed by atoms with van der Waals surface area (Å²) < 4.78 is 14.0. The molecule has 0 fully saturated rings. The molecule has 0 saturated carbocycles. The van der Waals surface area contributed by atoms with Gasteiger partial charge in [0.2, 0.25) is 0 Å². The summed E-state index contributed by atoms with van der Waals surface area (Å²) in [5.41, 5.74) is 3.75. The Morgan fingerprint density at radius 3 is 2.02 bits per heavy atom. The number of rotatable bonds is 8. The summed E-state index contributed by atoms with van der Waals surface area (Å²) in [5.74, 6) is 0.102. The van der Waals surface area contributed by atoms with E-state index in [2.05, 4.69) is 31.2 Å². The van der Waals surface area contributed by atoms with E-state index in [0.29, 0.717) is 5.39 Å². The Morgan fingerprint density at radius 2 is 1.44 bits per heavy atom. The number of fused-ring (bicyclic) bond motifs is 3. The zero-order valence-corrected chi connectivity index (χ0v) is 28.1. The van der Waals surface area contributed by atoms with Gasteiger partial charge in [0.25, 0.3) is 0 Å². The molecule has 4 rings (SSSR count). The SMILES string of the molecule is CCC(C)(CC)C(=O)/C=C(\O)C(C)(CC)CC.Cc1[c-]c(-c2[c-]ccc3c2ccc2c(F)cccc23)cc(C)c1.[Ir]. The molecule has 41 heavy (non-hydrogen) atoms. The summed E-state index contributed by atoms with van der Waals surface area (Å²) in [6, 6.07) is 24.0. The molecule has 4 aromatic carbocycles. The molecule has 0 amide bonds. The van der Waals surface area contributed by atoms with Crippen molar-refractivity contribution >= 4 is 27.3 Å². The maximum atomic E-state index is 14.0. The fraction of sp³-hybridized carbons (Fsp3) is 0.378. The molecule has 2 nitrogen and oxygen atoms in total. The van der Waals surface area contributed by atoms with Gasteiger partial charge >= 0.3 is 0 Å². The van der Waals surface area contributed by atoms with Gasteiger partial charge < -0.3 is 5.11 Å². The topological polar surface area (TPSA) is 37.3 Å². The number of carbonyl (C=O) groups is 1. The molecule has 0 aromatic heterocycles. The minimum Gasteiger partial charge on any atom is -0.512 e. The summed E-state index contributed by atoms with van der Waals surface area (Å²) in [5, 5.41) is 13.8. The molecule has 0 bridgehead atoms. The van der Waals surface area contributed by atoms with Gasteiger partial charge in [-0.05, 0) is 37.1 Å². The molecule has 0 atom stereocenters. The third-order valence-electron chi connectivity index (χ3n) is 8.82. The first-order chi connectivity index (χ1) is 18.9. The monoisotopic (exact) mass is 731 g/mol. The van der Waals surface area contributed by atoms with Gasteiger partial charge in [-0.3, -0.25) is 4.79 Å². The van der Waals surface area contributed by atoms with Crippen LogP contribution in [-0.4, -0.2) is 10.9 Å². The zero-order valence-electron chi connectivity index (χ0n) is 25.7. The largest absolute Gasteiger partial charge is 0.512 e. The second kappa shape index (κ2) is 14.4. The van der Waals surface area contributed by atoms with Crippen molar-refractivity contribution in [3.63, 3.8) is 0 Å². The third kappa shape index (κ3) is 7.53. The fourth-order valence-electron chi connectivity index (χ4n) is 4.96. The number of aliphatic hydroxyl groups is 1. The van der Waals surface area contributed by atoms with Gasteiger partial charge in [-0.25, -0.2) is 15.5 Å². The number of hydrogen-bond acceptors (Lipinski definition) is 2. The van der Waals surface area contributed by atoms with Crippen LogP contribution >= 0.6 is 0 Å². The van der Waals surface area contributed by atoms with Crippen LogP contribution in [0.2, 0.25) is 0 Å². The quantitative estimate of drug-likeness (QED) is 0.0848. The van der Waals surface area contributed by atoms with Crippen LogP contribution in [0.3, 0.4) is 0 Å². The minimum absolute atomic E-state index is 0. The Morgan fingerprint density at radius 1 is 0.854 bits per heavy atom. The number of aryl methyl sites for hydroxylation is 2. The number of allylic oxidation sites excluding steroid dienone is 2. The summed E-state index contributed by atoms with van der Waals surface area (Å²) in [7, 11) is 0. The second-order valence-corrected chi connectivity index (χ2v) is 11.4. The number of hydrogen-bond donors (Lipinski definition) is 1. The van der Waals surface area contributed by atoms with Gasteiger partial charge in [0.1, 0.15) is 11.6 Å². The maximum absolute atomic E-state index is 14.0. The smallest absolute Gasteiger partial charge is 0.164 e. The molecule has 0 aliphatic carbocycles. The van der Waals surface area contributed by atoms with Gasteiger partial charge in [-0.1, -0.05) is 73.6 Å². The summed E-state index contributed by atoms with van der Waals surface area (Å²) >= 11 is 0. The Labute approximate surface area is 259 Å². The van der Waals surface area contributed by atoms with Crippen LogP contribution in [0.25, 0.3) is 32.7 Å². The van der Waals surface area contributed by atoms with Crippen molar-refractivity contribution < 1.29 is 34.4 Å². The van der Waals surface area contributed by atoms with Crippen LogP contribution < -0.4 is 0 Å². The Bertz CT molecular complexity index is 1510. The van der Waals surface area contributed by atoms with Crippen LogP contribution in [0.5, 0.6) is 0 Å². The van der Waals surface area contributed by atoms with Crippen molar-refractivity contribution in [2.45, 2.75) is 81.1 Å². The van der Waals surface area contributed by atoms with Gasteiger partial charge in [0.05, 0.1) is 0 Å². The fourth-order valence-corrected chi connectivity index (χ4v) is 4.96. The minimum atomic E-state index is -0.337. The summed E-state index contributed by atoms with van der Waals surface area (Å²) in [4.78, 5) is 12.2. The van der Waals surface area contributed by atoms with E-state index >= 15 is 0 Å². The van der Waals surface area contributed by atoms with Gasteiger partial charge in [0.15, 0.2) is 5.78 Å². The zero-order chi connectivity index (χ0) is 29.7. The molecule has 0 aliphatic heterocycles. The van der Waals surface area contributed by atoms with Crippen molar-refractivity contribution in [2.75, 3.05) is 0 Å². The molecule has 221 valence electrons. The Hall–Kier alpha value is -2.81. The van der Waals surface area contributed by atoms with Crippen molar-refractivity contribution in [3.05, 3.63) is 95.5 Å². The number of benzene rings is 4. The molecule has 4 heteroatoms. The van der Waals surface area contributed by atoms with Crippen LogP contribution in [0.4, 0.5) is 4.39 Å². The molecular weight excluding hydrogens is 688 g/mol. The Balaban J connectivity index is 0.000000296. The van der Waals surface area contributed by atoms with E-state index in [1.807, 2.05) is 78.8 Å². The van der Waals surface area contributed by atoms with Crippen molar-refractivity contribution in [1.29, 1.82) is 0 Å². The summed E-state index contributed by atoms with van der Waals surface area (Å²) in [6.45, 7) is 16.2. The van der Waals surface area contributed by atoms with Crippen molar-refractivity contribution in [3.8, 4) is 11.1 Å². The summed E-state index contributed by atoms with van der Waals surface area (Å²) in [6.07, 6.45) is 4.75. The molecule has 4 aromatic rings. The van der Waals surface area contributed by atoms with Gasteiger partial charge in [-0.2, -0.15) is 24.3 Å². The van der Waals surface area contributed by atoms with E-state index in [9.17, 15) is 14.3 Å². The maximum Gasteiger partial charge on any atom is 0.164 e. The van der Waals surface area contributed by atoms with Crippen molar-refractivity contribution in [2.24, 2.45) is 10.8 Å². The molecule has 0 unspecified atom stereocenters. The van der Waals surface area contributed by atoms with E-state index in [1.54, 1.807) is 6.07 Å². The van der Waals surface area contributed by atoms with Gasteiger partial charge in [-0.15, -0.1) is 40.1 Å². The first kappa shape index (κ1) is 34.4. The normalized spacial score (nSPS) is 12.1. The van der Waals surface area contributed by atoms with E-state index in [1.165, 1.54) is 17.7 Å². The molecule has 1 N–H and O–H groups in total. The molecule has 0 saturated heterocycles. The predicted molar refractivity (Wildman–Crippen MR) is 167 cm³/mol. The number of halogens is 1. The molecular formula is C37H43FIrO2-2. The number of carbonyl (C=O) groups excluding carboxylic acids is 1. The second-order valence-electron chi connectivity index (χ2n) is 11.4. The van der Waals surface area contributed by atoms with E-state index < -0.39 is 0 Å². The van der Waals surface area contributed by atoms with Crippen LogP contribution in [0.15, 0.2) is 66.4 Å². The van der Waals surface area contributed by atoms with E-state index in [-0.39, 0.29) is 48.3 Å². The number of ketones is 1. The van der Waals surface area contributed by atoms with Crippen LogP contribution in [-0.2, 0) is 24.9 Å². The number of aliphatic hydroxyl groups excluding tert-OH is 1. The van der Waals surface area contributed by atoms with Crippen LogP contribution in [0.1, 0.15) is 78.4 Å². The average Bonchev–Trinajstić information content (AvgIpc) is 2.95.